The molecule has 2 aromatic carbocycles. The number of thiocarbonyl (C=S) groups is 1. The van der Waals surface area contributed by atoms with Gasteiger partial charge in [0.15, 0.2) is 5.11 Å². The molecular formula is C23H33N4OS+. The smallest absolute Gasteiger partial charge is 0.170 e. The highest BCUT2D eigenvalue weighted by atomic mass is 32.1. The van der Waals surface area contributed by atoms with Gasteiger partial charge in [0.05, 0.1) is 19.8 Å². The van der Waals surface area contributed by atoms with Crippen molar-refractivity contribution in [1.82, 2.24) is 5.32 Å². The molecule has 1 saturated heterocycles. The molecule has 3 N–H and O–H groups in total. The van der Waals surface area contributed by atoms with Crippen LogP contribution < -0.4 is 20.4 Å². The van der Waals surface area contributed by atoms with Crippen LogP contribution in [0.25, 0.3) is 0 Å². The maximum absolute atomic E-state index is 5.45. The number of hydrogen-bond donors (Lipinski definition) is 3. The third kappa shape index (κ3) is 6.70. The average molecular weight is 414 g/mol. The van der Waals surface area contributed by atoms with Gasteiger partial charge in [0.1, 0.15) is 13.1 Å². The number of nitrogens with zero attached hydrogens (tertiary/aromatic N) is 1. The molecule has 1 fully saturated rings. The van der Waals surface area contributed by atoms with E-state index in [4.69, 9.17) is 17.0 Å². The lowest BCUT2D eigenvalue weighted by Crippen LogP contribution is -3.14. The first-order valence-electron chi connectivity index (χ1n) is 10.5. The van der Waals surface area contributed by atoms with Gasteiger partial charge in [-0.15, -0.1) is 0 Å². The van der Waals surface area contributed by atoms with E-state index in [0.29, 0.717) is 11.2 Å². The Morgan fingerprint density at radius 2 is 1.69 bits per heavy atom. The van der Waals surface area contributed by atoms with Gasteiger partial charge < -0.3 is 25.2 Å². The minimum absolute atomic E-state index is 0.368. The summed E-state index contributed by atoms with van der Waals surface area (Å²) < 4.78 is 5.40. The van der Waals surface area contributed by atoms with Crippen molar-refractivity contribution >= 4 is 34.4 Å². The number of para-hydroxylation sites is 1. The quantitative estimate of drug-likeness (QED) is 0.459. The van der Waals surface area contributed by atoms with E-state index >= 15 is 0 Å². The predicted octanol–water partition coefficient (Wildman–Crippen LogP) is 2.82. The van der Waals surface area contributed by atoms with E-state index in [-0.39, 0.29) is 0 Å². The third-order valence-corrected chi connectivity index (χ3v) is 5.39. The van der Waals surface area contributed by atoms with Gasteiger partial charge in [-0.05, 0) is 62.5 Å². The van der Waals surface area contributed by atoms with E-state index < -0.39 is 0 Å². The van der Waals surface area contributed by atoms with Crippen molar-refractivity contribution < 1.29 is 9.64 Å². The van der Waals surface area contributed by atoms with Crippen molar-refractivity contribution in [2.45, 2.75) is 26.3 Å². The first kappa shape index (κ1) is 21.6. The van der Waals surface area contributed by atoms with Crippen molar-refractivity contribution in [1.29, 1.82) is 0 Å². The van der Waals surface area contributed by atoms with Gasteiger partial charge in [-0.25, -0.2) is 0 Å². The van der Waals surface area contributed by atoms with E-state index in [2.05, 4.69) is 77.9 Å². The van der Waals surface area contributed by atoms with Crippen molar-refractivity contribution in [3.05, 3.63) is 54.6 Å². The molecule has 0 saturated carbocycles. The predicted molar refractivity (Wildman–Crippen MR) is 125 cm³/mol. The lowest BCUT2D eigenvalue weighted by atomic mass is 10.2. The van der Waals surface area contributed by atoms with Crippen LogP contribution in [-0.2, 0) is 4.74 Å². The van der Waals surface area contributed by atoms with Crippen molar-refractivity contribution in [2.75, 3.05) is 49.6 Å². The van der Waals surface area contributed by atoms with E-state index in [0.717, 1.165) is 51.5 Å². The Labute approximate surface area is 180 Å². The van der Waals surface area contributed by atoms with E-state index in [9.17, 15) is 0 Å². The van der Waals surface area contributed by atoms with E-state index in [1.165, 1.54) is 11.4 Å². The minimum atomic E-state index is 0.368. The van der Waals surface area contributed by atoms with Gasteiger partial charge in [-0.3, -0.25) is 0 Å². The van der Waals surface area contributed by atoms with Crippen LogP contribution in [0, 0.1) is 0 Å². The van der Waals surface area contributed by atoms with Gasteiger partial charge in [-0.1, -0.05) is 18.2 Å². The lowest BCUT2D eigenvalue weighted by Gasteiger charge is -2.29. The fourth-order valence-electron chi connectivity index (χ4n) is 3.66. The number of quaternary nitrogens is 1. The molecule has 156 valence electrons. The SMILES string of the molecule is CC(C)N(c1ccccc1)c1ccc(NC(=S)NCCC[NH+]2CCOCC2)cc1. The molecule has 0 amide bonds. The Morgan fingerprint density at radius 3 is 2.34 bits per heavy atom. The molecule has 6 heteroatoms. The fourth-order valence-corrected chi connectivity index (χ4v) is 3.88. The molecule has 0 aliphatic carbocycles. The monoisotopic (exact) mass is 413 g/mol. The molecule has 29 heavy (non-hydrogen) atoms. The Morgan fingerprint density at radius 1 is 1.03 bits per heavy atom. The summed E-state index contributed by atoms with van der Waals surface area (Å²) in [6, 6.07) is 19.3. The van der Waals surface area contributed by atoms with Crippen LogP contribution in [0.4, 0.5) is 17.1 Å². The molecule has 5 nitrogen and oxygen atoms in total. The second-order valence-electron chi connectivity index (χ2n) is 7.69. The summed E-state index contributed by atoms with van der Waals surface area (Å²) in [5.74, 6) is 0. The Kier molecular flexibility index (Phi) is 8.28. The maximum Gasteiger partial charge on any atom is 0.170 e. The molecule has 1 aliphatic rings. The Bertz CT molecular complexity index is 745. The summed E-state index contributed by atoms with van der Waals surface area (Å²) in [5, 5.41) is 7.29. The largest absolute Gasteiger partial charge is 0.370 e. The zero-order valence-corrected chi connectivity index (χ0v) is 18.3. The third-order valence-electron chi connectivity index (χ3n) is 5.15. The fraction of sp³-hybridized carbons (Fsp3) is 0.435. The summed E-state index contributed by atoms with van der Waals surface area (Å²) in [7, 11) is 0. The normalized spacial score (nSPS) is 14.6. The zero-order valence-electron chi connectivity index (χ0n) is 17.5. The number of hydrogen-bond acceptors (Lipinski definition) is 3. The van der Waals surface area contributed by atoms with Crippen LogP contribution in [-0.4, -0.2) is 50.5 Å². The number of rotatable bonds is 8. The molecular weight excluding hydrogens is 380 g/mol. The molecule has 0 radical (unpaired) electrons. The number of nitrogens with one attached hydrogen (secondary N) is 3. The Balaban J connectivity index is 1.47. The van der Waals surface area contributed by atoms with Crippen molar-refractivity contribution in [2.24, 2.45) is 0 Å². The molecule has 3 rings (SSSR count). The van der Waals surface area contributed by atoms with Gasteiger partial charge >= 0.3 is 0 Å². The molecule has 0 bridgehead atoms. The first-order chi connectivity index (χ1) is 14.1. The highest BCUT2D eigenvalue weighted by Gasteiger charge is 2.14. The van der Waals surface area contributed by atoms with Crippen LogP contribution in [0.5, 0.6) is 0 Å². The molecule has 0 spiro atoms. The van der Waals surface area contributed by atoms with Crippen molar-refractivity contribution in [3.8, 4) is 0 Å². The highest BCUT2D eigenvalue weighted by molar-refractivity contribution is 7.80. The van der Waals surface area contributed by atoms with Crippen LogP contribution >= 0.6 is 12.2 Å². The second kappa shape index (κ2) is 11.1. The van der Waals surface area contributed by atoms with Crippen LogP contribution in [0.3, 0.4) is 0 Å². The van der Waals surface area contributed by atoms with Gasteiger partial charge in [0.25, 0.3) is 0 Å². The van der Waals surface area contributed by atoms with Gasteiger partial charge in [0.2, 0.25) is 0 Å². The molecule has 2 aromatic rings. The van der Waals surface area contributed by atoms with Gasteiger partial charge in [0, 0.05) is 36.1 Å². The number of ether oxygens (including phenoxy) is 1. The topological polar surface area (TPSA) is 41.0 Å². The number of benzene rings is 2. The van der Waals surface area contributed by atoms with Crippen LogP contribution in [0.1, 0.15) is 20.3 Å². The summed E-state index contributed by atoms with van der Waals surface area (Å²) >= 11 is 5.45. The Hall–Kier alpha value is -2.15. The van der Waals surface area contributed by atoms with E-state index in [1.54, 1.807) is 4.90 Å². The summed E-state index contributed by atoms with van der Waals surface area (Å²) in [4.78, 5) is 3.95. The summed E-state index contributed by atoms with van der Waals surface area (Å²) in [5.41, 5.74) is 3.37. The standard InChI is InChI=1S/C23H32N4OS/c1-19(2)27(21-7-4-3-5-8-21)22-11-9-20(10-12-22)25-23(29)24-13-6-14-26-15-17-28-18-16-26/h3-5,7-12,19H,6,13-18H2,1-2H3,(H2,24,25,29)/p+1. The summed E-state index contributed by atoms with van der Waals surface area (Å²) in [6.07, 6.45) is 1.11. The second-order valence-corrected chi connectivity index (χ2v) is 8.10. The molecule has 0 atom stereocenters. The first-order valence-corrected chi connectivity index (χ1v) is 10.9. The average Bonchev–Trinajstić information content (AvgIpc) is 2.74. The highest BCUT2D eigenvalue weighted by Crippen LogP contribution is 2.28. The molecule has 1 heterocycles. The zero-order chi connectivity index (χ0) is 20.5. The lowest BCUT2D eigenvalue weighted by molar-refractivity contribution is -0.908. The molecule has 0 aromatic heterocycles. The van der Waals surface area contributed by atoms with Crippen molar-refractivity contribution in [3.63, 3.8) is 0 Å². The number of anilines is 3. The number of morpholine rings is 1. The van der Waals surface area contributed by atoms with Crippen LogP contribution in [0.2, 0.25) is 0 Å². The summed E-state index contributed by atoms with van der Waals surface area (Å²) in [6.45, 7) is 10.5. The molecule has 1 aliphatic heterocycles. The maximum atomic E-state index is 5.45. The molecule has 0 unspecified atom stereocenters. The van der Waals surface area contributed by atoms with E-state index in [1.807, 2.05) is 6.07 Å². The minimum Gasteiger partial charge on any atom is -0.370 e. The van der Waals surface area contributed by atoms with Crippen LogP contribution in [0.15, 0.2) is 54.6 Å². The van der Waals surface area contributed by atoms with Gasteiger partial charge in [-0.2, -0.15) is 0 Å².